The molecule has 0 heterocycles. The molecule has 0 fully saturated rings. The molecule has 1 amide bonds. The molecule has 0 bridgehead atoms. The first kappa shape index (κ1) is 17.6. The molecule has 1 unspecified atom stereocenters. The zero-order chi connectivity index (χ0) is 16.2. The lowest BCUT2D eigenvalue weighted by molar-refractivity contribution is 0.0925. The van der Waals surface area contributed by atoms with Gasteiger partial charge in [-0.2, -0.15) is 0 Å². The van der Waals surface area contributed by atoms with E-state index in [0.717, 1.165) is 25.0 Å². The van der Waals surface area contributed by atoms with Crippen molar-refractivity contribution in [3.05, 3.63) is 29.6 Å². The van der Waals surface area contributed by atoms with Crippen LogP contribution in [0.5, 0.6) is 0 Å². The summed E-state index contributed by atoms with van der Waals surface area (Å²) in [6.07, 6.45) is 1.84. The second-order valence-electron chi connectivity index (χ2n) is 5.03. The van der Waals surface area contributed by atoms with Crippen LogP contribution in [0.1, 0.15) is 44.0 Å². The highest BCUT2D eigenvalue weighted by molar-refractivity contribution is 7.89. The summed E-state index contributed by atoms with van der Waals surface area (Å²) in [6, 6.07) is 3.06. The number of hydrogen-bond donors (Lipinski definition) is 2. The summed E-state index contributed by atoms with van der Waals surface area (Å²) in [5, 5.41) is 7.72. The second kappa shape index (κ2) is 7.00. The standard InChI is InChI=1S/C14H21FN2O3S/c1-4-10(5-2)9(3)17-14(18)11-6-7-12(15)13(8-11)21(16,19)20/h6-10H,4-5H2,1-3H3,(H,17,18)(H2,16,19,20). The first-order chi connectivity index (χ1) is 9.70. The van der Waals surface area contributed by atoms with E-state index in [1.54, 1.807) is 0 Å². The molecule has 5 nitrogen and oxygen atoms in total. The van der Waals surface area contributed by atoms with E-state index in [1.807, 2.05) is 20.8 Å². The highest BCUT2D eigenvalue weighted by Gasteiger charge is 2.20. The maximum Gasteiger partial charge on any atom is 0.251 e. The Labute approximate surface area is 124 Å². The van der Waals surface area contributed by atoms with E-state index in [-0.39, 0.29) is 11.6 Å². The van der Waals surface area contributed by atoms with Crippen LogP contribution in [0.15, 0.2) is 23.1 Å². The van der Waals surface area contributed by atoms with Gasteiger partial charge >= 0.3 is 0 Å². The topological polar surface area (TPSA) is 89.3 Å². The Hall–Kier alpha value is -1.47. The van der Waals surface area contributed by atoms with Gasteiger partial charge < -0.3 is 5.32 Å². The molecule has 21 heavy (non-hydrogen) atoms. The van der Waals surface area contributed by atoms with Crippen LogP contribution in [0.3, 0.4) is 0 Å². The van der Waals surface area contributed by atoms with Crippen molar-refractivity contribution in [2.45, 2.75) is 44.6 Å². The first-order valence-corrected chi connectivity index (χ1v) is 8.38. The third-order valence-electron chi connectivity index (χ3n) is 3.61. The minimum Gasteiger partial charge on any atom is -0.349 e. The monoisotopic (exact) mass is 316 g/mol. The number of halogens is 1. The van der Waals surface area contributed by atoms with Gasteiger partial charge in [0.05, 0.1) is 0 Å². The maximum absolute atomic E-state index is 13.4. The third-order valence-corrected chi connectivity index (χ3v) is 4.54. The molecule has 0 saturated heterocycles. The van der Waals surface area contributed by atoms with Gasteiger partial charge in [-0.25, -0.2) is 17.9 Å². The van der Waals surface area contributed by atoms with Crippen molar-refractivity contribution in [3.8, 4) is 0 Å². The number of rotatable bonds is 6. The largest absolute Gasteiger partial charge is 0.349 e. The van der Waals surface area contributed by atoms with Crippen LogP contribution in [0.2, 0.25) is 0 Å². The van der Waals surface area contributed by atoms with Gasteiger partial charge in [0.15, 0.2) is 0 Å². The molecular weight excluding hydrogens is 295 g/mol. The molecule has 1 aromatic rings. The van der Waals surface area contributed by atoms with Crippen LogP contribution in [-0.2, 0) is 10.0 Å². The second-order valence-corrected chi connectivity index (χ2v) is 6.56. The number of benzene rings is 1. The normalized spacial score (nSPS) is 13.2. The third kappa shape index (κ3) is 4.50. The average molecular weight is 316 g/mol. The highest BCUT2D eigenvalue weighted by Crippen LogP contribution is 2.17. The number of hydrogen-bond acceptors (Lipinski definition) is 3. The fourth-order valence-electron chi connectivity index (χ4n) is 2.27. The molecule has 0 saturated carbocycles. The van der Waals surface area contributed by atoms with Crippen molar-refractivity contribution in [1.82, 2.24) is 5.32 Å². The van der Waals surface area contributed by atoms with Crippen LogP contribution in [0.25, 0.3) is 0 Å². The van der Waals surface area contributed by atoms with Gasteiger partial charge in [-0.05, 0) is 31.0 Å². The van der Waals surface area contributed by atoms with Crippen molar-refractivity contribution in [3.63, 3.8) is 0 Å². The van der Waals surface area contributed by atoms with Crippen LogP contribution in [0.4, 0.5) is 4.39 Å². The van der Waals surface area contributed by atoms with E-state index in [2.05, 4.69) is 5.32 Å². The fraction of sp³-hybridized carbons (Fsp3) is 0.500. The predicted octanol–water partition coefficient (Wildman–Crippen LogP) is 2.03. The highest BCUT2D eigenvalue weighted by atomic mass is 32.2. The SMILES string of the molecule is CCC(CC)C(C)NC(=O)c1ccc(F)c(S(N)(=O)=O)c1. The van der Waals surface area contributed by atoms with Gasteiger partial charge in [-0.15, -0.1) is 0 Å². The van der Waals surface area contributed by atoms with Gasteiger partial charge in [0.25, 0.3) is 5.91 Å². The summed E-state index contributed by atoms with van der Waals surface area (Å²) in [4.78, 5) is 11.4. The maximum atomic E-state index is 13.4. The minimum absolute atomic E-state index is 0.0597. The lowest BCUT2D eigenvalue weighted by atomic mass is 9.95. The van der Waals surface area contributed by atoms with Gasteiger partial charge in [-0.3, -0.25) is 4.79 Å². The number of nitrogens with two attached hydrogens (primary N) is 1. The van der Waals surface area contributed by atoms with E-state index in [1.165, 1.54) is 6.07 Å². The molecule has 1 atom stereocenters. The summed E-state index contributed by atoms with van der Waals surface area (Å²) in [7, 11) is -4.20. The number of primary sulfonamides is 1. The predicted molar refractivity (Wildman–Crippen MR) is 78.8 cm³/mol. The molecule has 0 spiro atoms. The first-order valence-electron chi connectivity index (χ1n) is 6.83. The van der Waals surface area contributed by atoms with E-state index in [9.17, 15) is 17.6 Å². The lowest BCUT2D eigenvalue weighted by Crippen LogP contribution is -2.37. The van der Waals surface area contributed by atoms with Crippen molar-refractivity contribution >= 4 is 15.9 Å². The lowest BCUT2D eigenvalue weighted by Gasteiger charge is -2.22. The van der Waals surface area contributed by atoms with Crippen LogP contribution in [0, 0.1) is 11.7 Å². The number of amides is 1. The van der Waals surface area contributed by atoms with Gasteiger partial charge in [0.2, 0.25) is 10.0 Å². The summed E-state index contributed by atoms with van der Waals surface area (Å²) < 4.78 is 36.0. The van der Waals surface area contributed by atoms with Gasteiger partial charge in [0, 0.05) is 11.6 Å². The molecule has 1 rings (SSSR count). The van der Waals surface area contributed by atoms with Crippen molar-refractivity contribution in [2.75, 3.05) is 0 Å². The zero-order valence-corrected chi connectivity index (χ0v) is 13.2. The smallest absolute Gasteiger partial charge is 0.251 e. The Morgan fingerprint density at radius 3 is 2.38 bits per heavy atom. The van der Waals surface area contributed by atoms with E-state index >= 15 is 0 Å². The van der Waals surface area contributed by atoms with Crippen molar-refractivity contribution in [1.29, 1.82) is 0 Å². The van der Waals surface area contributed by atoms with Gasteiger partial charge in [-0.1, -0.05) is 26.7 Å². The van der Waals surface area contributed by atoms with Crippen molar-refractivity contribution < 1.29 is 17.6 Å². The summed E-state index contributed by atoms with van der Waals surface area (Å²) in [5.74, 6) is -1.09. The number of nitrogens with one attached hydrogen (secondary N) is 1. The van der Waals surface area contributed by atoms with Crippen LogP contribution in [-0.4, -0.2) is 20.4 Å². The molecule has 0 aliphatic heterocycles. The van der Waals surface area contributed by atoms with Gasteiger partial charge in [0.1, 0.15) is 10.7 Å². The average Bonchev–Trinajstić information content (AvgIpc) is 2.39. The van der Waals surface area contributed by atoms with Crippen LogP contribution < -0.4 is 10.5 Å². The fourth-order valence-corrected chi connectivity index (χ4v) is 2.90. The number of carbonyl (C=O) groups is 1. The Morgan fingerprint density at radius 2 is 1.90 bits per heavy atom. The molecule has 0 aliphatic rings. The molecule has 0 radical (unpaired) electrons. The number of carbonyl (C=O) groups excluding carboxylic acids is 1. The Kier molecular flexibility index (Phi) is 5.86. The van der Waals surface area contributed by atoms with E-state index in [0.29, 0.717) is 5.92 Å². The Bertz CT molecular complexity index is 613. The molecule has 1 aromatic carbocycles. The molecule has 7 heteroatoms. The molecular formula is C14H21FN2O3S. The number of sulfonamides is 1. The minimum atomic E-state index is -4.20. The van der Waals surface area contributed by atoms with E-state index in [4.69, 9.17) is 5.14 Å². The summed E-state index contributed by atoms with van der Waals surface area (Å²) in [5.41, 5.74) is 0.0678. The Morgan fingerprint density at radius 1 is 1.33 bits per heavy atom. The zero-order valence-electron chi connectivity index (χ0n) is 12.4. The quantitative estimate of drug-likeness (QED) is 0.841. The van der Waals surface area contributed by atoms with Crippen LogP contribution >= 0.6 is 0 Å². The van der Waals surface area contributed by atoms with Crippen molar-refractivity contribution in [2.24, 2.45) is 11.1 Å². The Balaban J connectivity index is 2.99. The molecule has 0 aromatic heterocycles. The summed E-state index contributed by atoms with van der Waals surface area (Å²) >= 11 is 0. The molecule has 118 valence electrons. The molecule has 3 N–H and O–H groups in total. The molecule has 0 aliphatic carbocycles. The van der Waals surface area contributed by atoms with E-state index < -0.39 is 26.6 Å². The summed E-state index contributed by atoms with van der Waals surface area (Å²) in [6.45, 7) is 5.96.